The molecule has 0 radical (unpaired) electrons. The Morgan fingerprint density at radius 3 is 2.82 bits per heavy atom. The van der Waals surface area contributed by atoms with Crippen LogP contribution in [0.25, 0.3) is 10.9 Å². The van der Waals surface area contributed by atoms with Gasteiger partial charge in [0.15, 0.2) is 0 Å². The van der Waals surface area contributed by atoms with Crippen molar-refractivity contribution in [2.24, 2.45) is 5.92 Å². The molecule has 34 heavy (non-hydrogen) atoms. The van der Waals surface area contributed by atoms with Crippen LogP contribution in [0.15, 0.2) is 30.5 Å². The number of methoxy groups -OCH3 is 1. The molecule has 3 unspecified atom stereocenters. The molecule has 4 atom stereocenters. The van der Waals surface area contributed by atoms with Crippen LogP contribution < -0.4 is 5.32 Å². The Kier molecular flexibility index (Phi) is 7.84. The average Bonchev–Trinajstić information content (AvgIpc) is 3.51. The van der Waals surface area contributed by atoms with Crippen LogP contribution in [-0.2, 0) is 30.4 Å². The number of hydrogen-bond acceptors (Lipinski definition) is 5. The second-order valence-electron chi connectivity index (χ2n) is 9.15. The quantitative estimate of drug-likeness (QED) is 0.546. The highest BCUT2D eigenvalue weighted by molar-refractivity contribution is 5.90. The lowest BCUT2D eigenvalue weighted by molar-refractivity contribution is -0.199. The van der Waals surface area contributed by atoms with Gasteiger partial charge in [0.05, 0.1) is 24.7 Å². The molecule has 184 valence electrons. The van der Waals surface area contributed by atoms with Crippen LogP contribution in [0.4, 0.5) is 0 Å². The fraction of sp³-hybridized carbons (Fsp3) is 0.560. The zero-order valence-corrected chi connectivity index (χ0v) is 19.9. The third kappa shape index (κ3) is 5.10. The zero-order valence-electron chi connectivity index (χ0n) is 19.9. The van der Waals surface area contributed by atoms with Crippen molar-refractivity contribution in [3.63, 3.8) is 0 Å². The number of nitrogens with zero attached hydrogens (tertiary/aromatic N) is 2. The molecule has 3 heterocycles. The smallest absolute Gasteiger partial charge is 0.269 e. The molecule has 2 fully saturated rings. The van der Waals surface area contributed by atoms with Gasteiger partial charge in [0, 0.05) is 43.7 Å². The number of aromatic amines is 1. The van der Waals surface area contributed by atoms with Crippen LogP contribution in [0.5, 0.6) is 0 Å². The summed E-state index contributed by atoms with van der Waals surface area (Å²) in [5.41, 5.74) is 1.93. The van der Waals surface area contributed by atoms with E-state index in [4.69, 9.17) is 9.57 Å². The van der Waals surface area contributed by atoms with Gasteiger partial charge in [0.2, 0.25) is 12.3 Å². The van der Waals surface area contributed by atoms with Crippen LogP contribution in [0.2, 0.25) is 0 Å². The number of hydroxylamine groups is 2. The number of hydrogen-bond donors (Lipinski definition) is 2. The minimum Gasteiger partial charge on any atom is -0.378 e. The van der Waals surface area contributed by atoms with Gasteiger partial charge in [0.1, 0.15) is 6.04 Å². The van der Waals surface area contributed by atoms with Crippen LogP contribution >= 0.6 is 0 Å². The van der Waals surface area contributed by atoms with Crippen LogP contribution in [0, 0.1) is 5.92 Å². The number of carbonyl (C=O) groups excluding carboxylic acids is 3. The fourth-order valence-corrected chi connectivity index (χ4v) is 5.11. The molecule has 0 bridgehead atoms. The summed E-state index contributed by atoms with van der Waals surface area (Å²) < 4.78 is 5.68. The van der Waals surface area contributed by atoms with E-state index in [0.717, 1.165) is 48.6 Å². The average molecular weight is 471 g/mol. The van der Waals surface area contributed by atoms with Gasteiger partial charge in [-0.15, -0.1) is 0 Å². The third-order valence-corrected chi connectivity index (χ3v) is 7.00. The van der Waals surface area contributed by atoms with E-state index in [9.17, 15) is 14.4 Å². The summed E-state index contributed by atoms with van der Waals surface area (Å²) in [6.45, 7) is 3.45. The molecule has 2 N–H and O–H groups in total. The number of fused-ring (bicyclic) bond motifs is 1. The Labute approximate surface area is 199 Å². The lowest BCUT2D eigenvalue weighted by atomic mass is 9.94. The molecule has 2 saturated heterocycles. The first kappa shape index (κ1) is 24.2. The monoisotopic (exact) mass is 470 g/mol. The summed E-state index contributed by atoms with van der Waals surface area (Å²) in [5, 5.41) is 5.38. The Morgan fingerprint density at radius 2 is 2.09 bits per heavy atom. The highest BCUT2D eigenvalue weighted by Gasteiger charge is 2.39. The standard InChI is InChI=1S/C25H34N4O5/c1-17(23(33-2)22-10-7-11-28(22)16-30)24(31)27-21(25(32)29-12-5-6-13-34-29)14-18-15-26-20-9-4-3-8-19(18)20/h3-4,8-9,15-17,21-23,26H,5-7,10-14H2,1-2H3,(H,27,31)/t17?,21-,22?,23?/m0/s1. The summed E-state index contributed by atoms with van der Waals surface area (Å²) in [7, 11) is 1.56. The molecule has 2 aliphatic heterocycles. The van der Waals surface area contributed by atoms with Gasteiger partial charge in [-0.05, 0) is 37.3 Å². The fourth-order valence-electron chi connectivity index (χ4n) is 5.11. The van der Waals surface area contributed by atoms with Crippen molar-refractivity contribution < 1.29 is 24.0 Å². The maximum Gasteiger partial charge on any atom is 0.269 e. The van der Waals surface area contributed by atoms with E-state index in [0.29, 0.717) is 26.1 Å². The van der Waals surface area contributed by atoms with Gasteiger partial charge in [-0.2, -0.15) is 0 Å². The van der Waals surface area contributed by atoms with Crippen molar-refractivity contribution in [3.8, 4) is 0 Å². The van der Waals surface area contributed by atoms with Crippen molar-refractivity contribution in [2.45, 2.75) is 57.2 Å². The summed E-state index contributed by atoms with van der Waals surface area (Å²) in [4.78, 5) is 48.8. The lowest BCUT2D eigenvalue weighted by Crippen LogP contribution is -2.54. The molecular weight excluding hydrogens is 436 g/mol. The van der Waals surface area contributed by atoms with Gasteiger partial charge in [-0.1, -0.05) is 25.1 Å². The number of likely N-dealkylation sites (tertiary alicyclic amines) is 1. The normalized spacial score (nSPS) is 21.3. The van der Waals surface area contributed by atoms with E-state index < -0.39 is 18.1 Å². The van der Waals surface area contributed by atoms with E-state index >= 15 is 0 Å². The number of amides is 3. The van der Waals surface area contributed by atoms with Crippen LogP contribution in [-0.4, -0.2) is 78.2 Å². The number of para-hydroxylation sites is 1. The number of rotatable bonds is 9. The van der Waals surface area contributed by atoms with Crippen molar-refractivity contribution in [1.29, 1.82) is 0 Å². The number of nitrogens with one attached hydrogen (secondary N) is 2. The maximum absolute atomic E-state index is 13.4. The molecule has 2 aliphatic rings. The topological polar surface area (TPSA) is 104 Å². The van der Waals surface area contributed by atoms with E-state index in [1.807, 2.05) is 30.5 Å². The molecule has 0 spiro atoms. The Hall–Kier alpha value is -2.91. The number of aromatic nitrogens is 1. The molecule has 1 aromatic carbocycles. The molecule has 3 amide bonds. The van der Waals surface area contributed by atoms with E-state index in [1.54, 1.807) is 18.9 Å². The third-order valence-electron chi connectivity index (χ3n) is 7.00. The van der Waals surface area contributed by atoms with Crippen LogP contribution in [0.1, 0.15) is 38.2 Å². The number of ether oxygens (including phenoxy) is 1. The molecule has 1 aromatic heterocycles. The lowest BCUT2D eigenvalue weighted by Gasteiger charge is -2.33. The van der Waals surface area contributed by atoms with E-state index in [1.165, 1.54) is 5.06 Å². The minimum atomic E-state index is -0.782. The SMILES string of the molecule is COC(C(C)C(=O)N[C@@H](Cc1c[nH]c2ccccc12)C(=O)N1CCCCO1)C1CCCN1C=O. The first-order valence-corrected chi connectivity index (χ1v) is 12.1. The summed E-state index contributed by atoms with van der Waals surface area (Å²) in [6, 6.07) is 6.95. The summed E-state index contributed by atoms with van der Waals surface area (Å²) in [5.74, 6) is -1.08. The number of H-pyrrole nitrogens is 1. The highest BCUT2D eigenvalue weighted by Crippen LogP contribution is 2.26. The van der Waals surface area contributed by atoms with Gasteiger partial charge in [-0.3, -0.25) is 19.2 Å². The highest BCUT2D eigenvalue weighted by atomic mass is 16.7. The maximum atomic E-state index is 13.4. The largest absolute Gasteiger partial charge is 0.378 e. The molecular formula is C25H34N4O5. The first-order valence-electron chi connectivity index (χ1n) is 12.1. The van der Waals surface area contributed by atoms with Crippen molar-refractivity contribution in [1.82, 2.24) is 20.3 Å². The molecule has 9 nitrogen and oxygen atoms in total. The van der Waals surface area contributed by atoms with Crippen LogP contribution in [0.3, 0.4) is 0 Å². The number of benzene rings is 1. The van der Waals surface area contributed by atoms with Gasteiger partial charge in [0.25, 0.3) is 5.91 Å². The summed E-state index contributed by atoms with van der Waals surface area (Å²) >= 11 is 0. The molecule has 0 aliphatic carbocycles. The minimum absolute atomic E-state index is 0.156. The Balaban J connectivity index is 1.53. The summed E-state index contributed by atoms with van der Waals surface area (Å²) in [6.07, 6.45) is 6.03. The molecule has 0 saturated carbocycles. The second-order valence-corrected chi connectivity index (χ2v) is 9.15. The predicted octanol–water partition coefficient (Wildman–Crippen LogP) is 2.02. The second kappa shape index (κ2) is 11.0. The van der Waals surface area contributed by atoms with E-state index in [2.05, 4.69) is 10.3 Å². The Bertz CT molecular complexity index is 1000. The van der Waals surface area contributed by atoms with Crippen molar-refractivity contribution in [2.75, 3.05) is 26.8 Å². The zero-order chi connectivity index (χ0) is 24.1. The molecule has 9 heteroatoms. The van der Waals surface area contributed by atoms with Gasteiger partial charge >= 0.3 is 0 Å². The van der Waals surface area contributed by atoms with Gasteiger partial charge in [-0.25, -0.2) is 5.06 Å². The van der Waals surface area contributed by atoms with E-state index in [-0.39, 0.29) is 17.9 Å². The number of carbonyl (C=O) groups is 3. The molecule has 4 rings (SSSR count). The Morgan fingerprint density at radius 1 is 1.26 bits per heavy atom. The predicted molar refractivity (Wildman–Crippen MR) is 127 cm³/mol. The van der Waals surface area contributed by atoms with Gasteiger partial charge < -0.3 is 19.9 Å². The molecule has 2 aromatic rings. The van der Waals surface area contributed by atoms with Crippen molar-refractivity contribution >= 4 is 29.1 Å². The first-order chi connectivity index (χ1) is 16.5. The van der Waals surface area contributed by atoms with Crippen molar-refractivity contribution in [3.05, 3.63) is 36.0 Å².